The van der Waals surface area contributed by atoms with Gasteiger partial charge in [-0.05, 0) is 37.4 Å². The number of hydrogen-bond acceptors (Lipinski definition) is 2. The van der Waals surface area contributed by atoms with Crippen molar-refractivity contribution in [2.24, 2.45) is 11.7 Å². The van der Waals surface area contributed by atoms with Gasteiger partial charge >= 0.3 is 0 Å². The summed E-state index contributed by atoms with van der Waals surface area (Å²) >= 11 is 12.4. The number of likely N-dealkylation sites (N-methyl/N-ethyl adjacent to an activating group) is 1. The van der Waals surface area contributed by atoms with E-state index in [4.69, 9.17) is 28.9 Å². The van der Waals surface area contributed by atoms with Crippen molar-refractivity contribution in [3.05, 3.63) is 33.8 Å². The summed E-state index contributed by atoms with van der Waals surface area (Å²) in [4.78, 5) is 2.31. The van der Waals surface area contributed by atoms with Crippen LogP contribution in [-0.4, -0.2) is 25.0 Å². The summed E-state index contributed by atoms with van der Waals surface area (Å²) in [5.74, 6) is 0.821. The van der Waals surface area contributed by atoms with E-state index < -0.39 is 0 Å². The maximum absolute atomic E-state index is 6.28. The van der Waals surface area contributed by atoms with Gasteiger partial charge in [-0.25, -0.2) is 0 Å². The fourth-order valence-corrected chi connectivity index (χ4v) is 2.97. The smallest absolute Gasteiger partial charge is 0.0640 e. The lowest BCUT2D eigenvalue weighted by atomic mass is 9.85. The van der Waals surface area contributed by atoms with Gasteiger partial charge in [0.05, 0.1) is 10.0 Å². The van der Waals surface area contributed by atoms with Gasteiger partial charge < -0.3 is 5.73 Å². The highest BCUT2D eigenvalue weighted by atomic mass is 35.5. The van der Waals surface area contributed by atoms with Crippen LogP contribution in [0.3, 0.4) is 0 Å². The van der Waals surface area contributed by atoms with Crippen molar-refractivity contribution in [2.75, 3.05) is 20.1 Å². The van der Waals surface area contributed by atoms with Crippen LogP contribution in [0.1, 0.15) is 30.9 Å². The zero-order valence-corrected chi connectivity index (χ0v) is 12.2. The minimum absolute atomic E-state index is 0.150. The highest BCUT2D eigenvalue weighted by Crippen LogP contribution is 2.34. The Bertz CT molecular complexity index is 405. The molecule has 0 amide bonds. The van der Waals surface area contributed by atoms with Crippen LogP contribution in [0.2, 0.25) is 10.0 Å². The van der Waals surface area contributed by atoms with E-state index in [1.54, 1.807) is 0 Å². The molecule has 1 aliphatic carbocycles. The topological polar surface area (TPSA) is 29.3 Å². The molecule has 2 nitrogen and oxygen atoms in total. The van der Waals surface area contributed by atoms with E-state index in [2.05, 4.69) is 11.9 Å². The highest BCUT2D eigenvalue weighted by molar-refractivity contribution is 6.42. The van der Waals surface area contributed by atoms with Gasteiger partial charge in [-0.1, -0.05) is 41.8 Å². The Kier molecular flexibility index (Phi) is 4.91. The molecule has 1 saturated carbocycles. The predicted octanol–water partition coefficient (Wildman–Crippen LogP) is 3.73. The minimum atomic E-state index is 0.150. The number of nitrogens with two attached hydrogens (primary N) is 1. The van der Waals surface area contributed by atoms with Crippen LogP contribution in [0.4, 0.5) is 0 Å². The molecule has 0 aliphatic heterocycles. The van der Waals surface area contributed by atoms with Crippen molar-refractivity contribution in [1.82, 2.24) is 4.90 Å². The summed E-state index contributed by atoms with van der Waals surface area (Å²) in [6.45, 7) is 1.65. The van der Waals surface area contributed by atoms with Crippen LogP contribution < -0.4 is 5.73 Å². The average molecular weight is 287 g/mol. The van der Waals surface area contributed by atoms with Gasteiger partial charge in [0.25, 0.3) is 0 Å². The van der Waals surface area contributed by atoms with Crippen LogP contribution in [0.5, 0.6) is 0 Å². The zero-order valence-electron chi connectivity index (χ0n) is 10.7. The molecule has 0 spiro atoms. The number of halogens is 2. The number of nitrogens with zero attached hydrogens (tertiary/aromatic N) is 1. The molecule has 1 atom stereocenters. The van der Waals surface area contributed by atoms with Gasteiger partial charge in [0, 0.05) is 19.1 Å². The van der Waals surface area contributed by atoms with Crippen molar-refractivity contribution in [3.8, 4) is 0 Å². The molecular weight excluding hydrogens is 267 g/mol. The Labute approximate surface area is 119 Å². The summed E-state index contributed by atoms with van der Waals surface area (Å²) in [6.07, 6.45) is 4.04. The summed E-state index contributed by atoms with van der Waals surface area (Å²) in [5.41, 5.74) is 6.95. The number of benzene rings is 1. The molecule has 0 saturated heterocycles. The predicted molar refractivity (Wildman–Crippen MR) is 78.2 cm³/mol. The van der Waals surface area contributed by atoms with Crippen LogP contribution >= 0.6 is 23.2 Å². The number of hydrogen-bond donors (Lipinski definition) is 1. The second kappa shape index (κ2) is 6.25. The summed E-state index contributed by atoms with van der Waals surface area (Å²) in [7, 11) is 2.12. The molecule has 0 radical (unpaired) electrons. The molecule has 1 aromatic rings. The SMILES string of the molecule is CN(CC1CCC1)C(CN)c1cccc(Cl)c1Cl. The van der Waals surface area contributed by atoms with Crippen LogP contribution in [-0.2, 0) is 0 Å². The third kappa shape index (κ3) is 3.00. The first-order valence-corrected chi connectivity index (χ1v) is 7.23. The van der Waals surface area contributed by atoms with Gasteiger partial charge in [0.2, 0.25) is 0 Å². The van der Waals surface area contributed by atoms with E-state index in [0.29, 0.717) is 16.6 Å². The first kappa shape index (κ1) is 14.1. The van der Waals surface area contributed by atoms with Gasteiger partial charge in [-0.3, -0.25) is 4.90 Å². The third-order valence-corrected chi connectivity index (χ3v) is 4.70. The molecule has 2 N–H and O–H groups in total. The monoisotopic (exact) mass is 286 g/mol. The van der Waals surface area contributed by atoms with Gasteiger partial charge in [-0.15, -0.1) is 0 Å². The van der Waals surface area contributed by atoms with Crippen molar-refractivity contribution < 1.29 is 0 Å². The Morgan fingerprint density at radius 3 is 2.67 bits per heavy atom. The molecule has 0 bridgehead atoms. The van der Waals surface area contributed by atoms with Gasteiger partial charge in [0.15, 0.2) is 0 Å². The van der Waals surface area contributed by atoms with Crippen LogP contribution in [0, 0.1) is 5.92 Å². The van der Waals surface area contributed by atoms with Crippen molar-refractivity contribution in [1.29, 1.82) is 0 Å². The molecule has 2 rings (SSSR count). The van der Waals surface area contributed by atoms with Crippen molar-refractivity contribution in [2.45, 2.75) is 25.3 Å². The van der Waals surface area contributed by atoms with E-state index in [9.17, 15) is 0 Å². The Hall–Kier alpha value is -0.280. The van der Waals surface area contributed by atoms with Gasteiger partial charge in [-0.2, -0.15) is 0 Å². The Morgan fingerprint density at radius 1 is 1.39 bits per heavy atom. The van der Waals surface area contributed by atoms with Crippen molar-refractivity contribution >= 4 is 23.2 Å². The highest BCUT2D eigenvalue weighted by Gasteiger charge is 2.24. The molecule has 4 heteroatoms. The van der Waals surface area contributed by atoms with Gasteiger partial charge in [0.1, 0.15) is 0 Å². The molecule has 0 aromatic heterocycles. The Morgan fingerprint density at radius 2 is 2.11 bits per heavy atom. The first-order chi connectivity index (χ1) is 8.63. The molecule has 1 unspecified atom stereocenters. The second-order valence-corrected chi connectivity index (χ2v) is 5.92. The summed E-state index contributed by atoms with van der Waals surface area (Å²) in [5, 5.41) is 1.24. The fourth-order valence-electron chi connectivity index (χ4n) is 2.53. The summed E-state index contributed by atoms with van der Waals surface area (Å²) < 4.78 is 0. The van der Waals surface area contributed by atoms with E-state index >= 15 is 0 Å². The second-order valence-electron chi connectivity index (χ2n) is 5.13. The molecule has 1 fully saturated rings. The number of rotatable bonds is 5. The molecular formula is C14H20Cl2N2. The largest absolute Gasteiger partial charge is 0.329 e. The molecule has 1 aromatic carbocycles. The van der Waals surface area contributed by atoms with Crippen LogP contribution in [0.15, 0.2) is 18.2 Å². The third-order valence-electron chi connectivity index (χ3n) is 3.87. The minimum Gasteiger partial charge on any atom is -0.329 e. The maximum Gasteiger partial charge on any atom is 0.0640 e. The van der Waals surface area contributed by atoms with Crippen LogP contribution in [0.25, 0.3) is 0 Å². The lowest BCUT2D eigenvalue weighted by Gasteiger charge is -2.35. The maximum atomic E-state index is 6.28. The van der Waals surface area contributed by atoms with E-state index in [1.807, 2.05) is 18.2 Å². The fraction of sp³-hybridized carbons (Fsp3) is 0.571. The quantitative estimate of drug-likeness (QED) is 0.894. The summed E-state index contributed by atoms with van der Waals surface area (Å²) in [6, 6.07) is 5.91. The zero-order chi connectivity index (χ0) is 13.1. The standard InChI is InChI=1S/C14H20Cl2N2/c1-18(9-10-4-2-5-10)13(8-17)11-6-3-7-12(15)14(11)16/h3,6-7,10,13H,2,4-5,8-9,17H2,1H3. The molecule has 0 heterocycles. The average Bonchev–Trinajstić information content (AvgIpc) is 2.30. The van der Waals surface area contributed by atoms with E-state index in [0.717, 1.165) is 18.0 Å². The Balaban J connectivity index is 2.13. The normalized spacial score (nSPS) is 17.8. The molecule has 18 heavy (non-hydrogen) atoms. The lowest BCUT2D eigenvalue weighted by Crippen LogP contribution is -2.36. The lowest BCUT2D eigenvalue weighted by molar-refractivity contribution is 0.165. The van der Waals surface area contributed by atoms with E-state index in [1.165, 1.54) is 19.3 Å². The van der Waals surface area contributed by atoms with E-state index in [-0.39, 0.29) is 6.04 Å². The van der Waals surface area contributed by atoms with Crippen molar-refractivity contribution in [3.63, 3.8) is 0 Å². The molecule has 1 aliphatic rings. The first-order valence-electron chi connectivity index (χ1n) is 6.47. The molecule has 100 valence electrons.